The summed E-state index contributed by atoms with van der Waals surface area (Å²) >= 11 is 0.894. The Morgan fingerprint density at radius 2 is 1.90 bits per heavy atom. The van der Waals surface area contributed by atoms with Crippen molar-refractivity contribution in [1.82, 2.24) is 20.2 Å². The number of nitrogens with one attached hydrogen (secondary N) is 2. The maximum Gasteiger partial charge on any atom is 0.280 e. The minimum absolute atomic E-state index is 0.0176. The first kappa shape index (κ1) is 30.3. The van der Waals surface area contributed by atoms with E-state index in [-0.39, 0.29) is 56.8 Å². The molecule has 2 aromatic heterocycles. The van der Waals surface area contributed by atoms with E-state index in [9.17, 15) is 23.5 Å². The average molecular weight is 578 g/mol. The fraction of sp³-hybridized carbons (Fsp3) is 0.655. The van der Waals surface area contributed by atoms with E-state index in [1.807, 2.05) is 20.8 Å². The second kappa shape index (κ2) is 11.7. The normalized spacial score (nSPS) is 19.8. The van der Waals surface area contributed by atoms with Gasteiger partial charge in [0.15, 0.2) is 5.01 Å². The zero-order valence-electron chi connectivity index (χ0n) is 24.2. The standard InChI is InChI=1S/C29H41F2N5O3S/c1-7-8-18-12-9-16(2)36(18)27(38)22-23(40-26(34-22)25(37)33-15-28(3,4)39)20-14-32-21(13-19(20)24(30)31)35-29(5,6)17-10-11-17/h13-14,16-18,24,39H,7-12,15H2,1-6H3,(H,32,35)(H,33,37). The third-order valence-electron chi connectivity index (χ3n) is 7.81. The lowest BCUT2D eigenvalue weighted by Gasteiger charge is -2.28. The van der Waals surface area contributed by atoms with Crippen molar-refractivity contribution in [3.8, 4) is 10.4 Å². The lowest BCUT2D eigenvalue weighted by atomic mass is 9.98. The Kier molecular flexibility index (Phi) is 8.85. The van der Waals surface area contributed by atoms with E-state index in [4.69, 9.17) is 0 Å². The number of thiazole rings is 1. The molecule has 0 radical (unpaired) electrons. The molecule has 1 aliphatic heterocycles. The average Bonchev–Trinajstić information content (AvgIpc) is 3.56. The molecule has 2 fully saturated rings. The maximum absolute atomic E-state index is 14.5. The minimum atomic E-state index is -2.83. The Bertz CT molecular complexity index is 1240. The molecule has 2 amide bonds. The summed E-state index contributed by atoms with van der Waals surface area (Å²) in [6.07, 6.45) is 4.12. The van der Waals surface area contributed by atoms with Crippen molar-refractivity contribution < 1.29 is 23.5 Å². The highest BCUT2D eigenvalue weighted by Gasteiger charge is 2.39. The number of amides is 2. The number of pyridine rings is 1. The van der Waals surface area contributed by atoms with Gasteiger partial charge in [0.2, 0.25) is 0 Å². The van der Waals surface area contributed by atoms with Crippen LogP contribution in [0.2, 0.25) is 0 Å². The summed E-state index contributed by atoms with van der Waals surface area (Å²) in [5.74, 6) is -0.151. The van der Waals surface area contributed by atoms with Gasteiger partial charge in [-0.25, -0.2) is 18.7 Å². The first-order valence-electron chi connectivity index (χ1n) is 14.1. The van der Waals surface area contributed by atoms with Gasteiger partial charge in [0.05, 0.1) is 10.5 Å². The van der Waals surface area contributed by atoms with E-state index >= 15 is 0 Å². The topological polar surface area (TPSA) is 107 Å². The molecule has 11 heteroatoms. The first-order valence-corrected chi connectivity index (χ1v) is 14.9. The molecule has 2 unspecified atom stereocenters. The fourth-order valence-corrected chi connectivity index (χ4v) is 6.45. The number of hydrogen-bond acceptors (Lipinski definition) is 7. The lowest BCUT2D eigenvalue weighted by Crippen LogP contribution is -2.40. The van der Waals surface area contributed by atoms with Crippen LogP contribution in [0.25, 0.3) is 10.4 Å². The Morgan fingerprint density at radius 3 is 2.50 bits per heavy atom. The Hall–Kier alpha value is -2.66. The van der Waals surface area contributed by atoms with E-state index in [2.05, 4.69) is 27.5 Å². The number of aliphatic hydroxyl groups is 1. The lowest BCUT2D eigenvalue weighted by molar-refractivity contribution is 0.0664. The summed E-state index contributed by atoms with van der Waals surface area (Å²) in [6.45, 7) is 11.2. The number of aromatic nitrogens is 2. The van der Waals surface area contributed by atoms with Crippen LogP contribution in [-0.4, -0.2) is 61.6 Å². The van der Waals surface area contributed by atoms with Crippen LogP contribution in [0.5, 0.6) is 0 Å². The molecule has 1 saturated carbocycles. The second-order valence-corrected chi connectivity index (χ2v) is 13.4. The van der Waals surface area contributed by atoms with Gasteiger partial charge in [-0.3, -0.25) is 9.59 Å². The highest BCUT2D eigenvalue weighted by molar-refractivity contribution is 7.17. The van der Waals surface area contributed by atoms with Gasteiger partial charge in [-0.1, -0.05) is 13.3 Å². The van der Waals surface area contributed by atoms with Gasteiger partial charge in [0.25, 0.3) is 18.2 Å². The van der Waals surface area contributed by atoms with Crippen LogP contribution in [0.15, 0.2) is 12.3 Å². The number of halogens is 2. The number of hydrogen-bond donors (Lipinski definition) is 3. The first-order chi connectivity index (χ1) is 18.7. The van der Waals surface area contributed by atoms with Gasteiger partial charge >= 0.3 is 0 Å². The molecule has 2 atom stereocenters. The summed E-state index contributed by atoms with van der Waals surface area (Å²) in [6, 6.07) is 1.33. The Balaban J connectivity index is 1.77. The fourth-order valence-electron chi connectivity index (χ4n) is 5.44. The number of anilines is 1. The smallest absolute Gasteiger partial charge is 0.280 e. The molecule has 2 aromatic rings. The zero-order valence-corrected chi connectivity index (χ0v) is 25.0. The maximum atomic E-state index is 14.5. The van der Waals surface area contributed by atoms with Crippen LogP contribution in [0, 0.1) is 5.92 Å². The predicted molar refractivity (Wildman–Crippen MR) is 153 cm³/mol. The SMILES string of the molecule is CCCC1CCC(C)N1C(=O)c1nc(C(=O)NCC(C)(C)O)sc1-c1cnc(NC(C)(C)C2CC2)cc1C(F)F. The molecule has 1 saturated heterocycles. The van der Waals surface area contributed by atoms with Crippen molar-refractivity contribution in [2.75, 3.05) is 11.9 Å². The highest BCUT2D eigenvalue weighted by atomic mass is 32.1. The van der Waals surface area contributed by atoms with Gasteiger partial charge in [0.1, 0.15) is 11.5 Å². The van der Waals surface area contributed by atoms with Crippen LogP contribution < -0.4 is 10.6 Å². The predicted octanol–water partition coefficient (Wildman–Crippen LogP) is 6.04. The summed E-state index contributed by atoms with van der Waals surface area (Å²) in [4.78, 5) is 37.8. The van der Waals surface area contributed by atoms with Crippen LogP contribution in [0.4, 0.5) is 14.6 Å². The molecule has 220 valence electrons. The van der Waals surface area contributed by atoms with Crippen LogP contribution in [0.1, 0.15) is 112 Å². The van der Waals surface area contributed by atoms with Crippen LogP contribution in [-0.2, 0) is 0 Å². The van der Waals surface area contributed by atoms with E-state index in [0.29, 0.717) is 11.7 Å². The van der Waals surface area contributed by atoms with E-state index in [0.717, 1.165) is 49.9 Å². The second-order valence-electron chi connectivity index (χ2n) is 12.4. The van der Waals surface area contributed by atoms with Gasteiger partial charge in [-0.15, -0.1) is 11.3 Å². The number of likely N-dealkylation sites (tertiary alicyclic amines) is 1. The quantitative estimate of drug-likeness (QED) is 0.301. The molecule has 0 bridgehead atoms. The third kappa shape index (κ3) is 6.79. The zero-order chi connectivity index (χ0) is 29.4. The van der Waals surface area contributed by atoms with E-state index < -0.39 is 17.9 Å². The molecule has 8 nitrogen and oxygen atoms in total. The number of carbonyl (C=O) groups is 2. The summed E-state index contributed by atoms with van der Waals surface area (Å²) in [5, 5.41) is 15.9. The Labute approximate surface area is 239 Å². The van der Waals surface area contributed by atoms with E-state index in [1.165, 1.54) is 12.3 Å². The molecular formula is C29H41F2N5O3S. The minimum Gasteiger partial charge on any atom is -0.389 e. The molecular weight excluding hydrogens is 536 g/mol. The number of rotatable bonds is 11. The van der Waals surface area contributed by atoms with Gasteiger partial charge < -0.3 is 20.6 Å². The van der Waals surface area contributed by atoms with Crippen molar-refractivity contribution in [3.05, 3.63) is 28.5 Å². The summed E-state index contributed by atoms with van der Waals surface area (Å²) in [7, 11) is 0. The summed E-state index contributed by atoms with van der Waals surface area (Å²) < 4.78 is 29.0. The van der Waals surface area contributed by atoms with Crippen molar-refractivity contribution in [2.45, 2.75) is 110 Å². The van der Waals surface area contributed by atoms with Crippen molar-refractivity contribution in [3.63, 3.8) is 0 Å². The van der Waals surface area contributed by atoms with Gasteiger partial charge in [-0.05, 0) is 78.7 Å². The number of nitrogens with zero attached hydrogens (tertiary/aromatic N) is 3. The monoisotopic (exact) mass is 577 g/mol. The molecule has 2 aliphatic rings. The molecule has 3 heterocycles. The van der Waals surface area contributed by atoms with Crippen molar-refractivity contribution in [2.24, 2.45) is 5.92 Å². The molecule has 3 N–H and O–H groups in total. The molecule has 4 rings (SSSR count). The molecule has 1 aliphatic carbocycles. The highest BCUT2D eigenvalue weighted by Crippen LogP contribution is 2.43. The van der Waals surface area contributed by atoms with Crippen molar-refractivity contribution >= 4 is 29.0 Å². The third-order valence-corrected chi connectivity index (χ3v) is 8.90. The van der Waals surface area contributed by atoms with Crippen LogP contribution >= 0.6 is 11.3 Å². The van der Waals surface area contributed by atoms with Crippen LogP contribution in [0.3, 0.4) is 0 Å². The van der Waals surface area contributed by atoms with Crippen molar-refractivity contribution in [1.29, 1.82) is 0 Å². The molecule has 0 spiro atoms. The summed E-state index contributed by atoms with van der Waals surface area (Å²) in [5.41, 5.74) is -1.64. The number of alkyl halides is 2. The Morgan fingerprint density at radius 1 is 1.20 bits per heavy atom. The molecule has 40 heavy (non-hydrogen) atoms. The molecule has 0 aromatic carbocycles. The van der Waals surface area contributed by atoms with Gasteiger partial charge in [-0.2, -0.15) is 0 Å². The van der Waals surface area contributed by atoms with E-state index in [1.54, 1.807) is 18.7 Å². The van der Waals surface area contributed by atoms with Gasteiger partial charge in [0, 0.05) is 41.5 Å². The number of carbonyl (C=O) groups excluding carboxylic acids is 2. The largest absolute Gasteiger partial charge is 0.389 e.